The number of aromatic nitrogens is 1. The van der Waals surface area contributed by atoms with Crippen LogP contribution in [-0.2, 0) is 16.0 Å². The molecule has 2 atom stereocenters. The zero-order valence-electron chi connectivity index (χ0n) is 15.5. The van der Waals surface area contributed by atoms with E-state index in [0.717, 1.165) is 37.3 Å². The van der Waals surface area contributed by atoms with Crippen LogP contribution < -0.4 is 10.2 Å². The van der Waals surface area contributed by atoms with Crippen LogP contribution in [0, 0.1) is 11.8 Å². The van der Waals surface area contributed by atoms with Crippen LogP contribution in [0.5, 0.6) is 0 Å². The van der Waals surface area contributed by atoms with E-state index < -0.39 is 0 Å². The number of carbonyl (C=O) groups excluding carboxylic acids is 2. The van der Waals surface area contributed by atoms with Gasteiger partial charge in [0.05, 0.1) is 5.00 Å². The molecular formula is C21H22N4O2S. The first-order valence-electron chi connectivity index (χ1n) is 9.70. The Morgan fingerprint density at radius 3 is 2.79 bits per heavy atom. The molecule has 2 aromatic rings. The number of hydrogen-bond donors (Lipinski definition) is 1. The number of hydrogen-bond acceptors (Lipinski definition) is 5. The summed E-state index contributed by atoms with van der Waals surface area (Å²) in [6.07, 6.45) is 6.37. The van der Waals surface area contributed by atoms with E-state index in [1.807, 2.05) is 17.0 Å². The van der Waals surface area contributed by atoms with Crippen molar-refractivity contribution < 1.29 is 9.59 Å². The number of thiophene rings is 1. The third kappa shape index (κ3) is 3.30. The average Bonchev–Trinajstić information content (AvgIpc) is 3.41. The highest BCUT2D eigenvalue weighted by molar-refractivity contribution is 7.14. The number of fused-ring (bicyclic) bond motifs is 2. The van der Waals surface area contributed by atoms with Gasteiger partial charge in [-0.2, -0.15) is 0 Å². The van der Waals surface area contributed by atoms with Crippen molar-refractivity contribution in [3.63, 3.8) is 0 Å². The van der Waals surface area contributed by atoms with Crippen LogP contribution in [0.3, 0.4) is 0 Å². The van der Waals surface area contributed by atoms with E-state index in [-0.39, 0.29) is 11.8 Å². The Hall–Kier alpha value is -2.67. The van der Waals surface area contributed by atoms with Gasteiger partial charge in [-0.15, -0.1) is 11.3 Å². The molecule has 0 unspecified atom stereocenters. The van der Waals surface area contributed by atoms with Crippen molar-refractivity contribution in [2.24, 2.45) is 11.8 Å². The van der Waals surface area contributed by atoms with Gasteiger partial charge in [-0.3, -0.25) is 9.59 Å². The fourth-order valence-corrected chi connectivity index (χ4v) is 5.19. The summed E-state index contributed by atoms with van der Waals surface area (Å²) in [4.78, 5) is 32.8. The lowest BCUT2D eigenvalue weighted by molar-refractivity contribution is -0.125. The number of amides is 2. The molecule has 5 heterocycles. The van der Waals surface area contributed by atoms with Crippen LogP contribution in [0.25, 0.3) is 6.08 Å². The number of pyridine rings is 1. The first kappa shape index (κ1) is 17.4. The Kier molecular flexibility index (Phi) is 4.39. The minimum absolute atomic E-state index is 0.00990. The van der Waals surface area contributed by atoms with Crippen molar-refractivity contribution in [3.05, 3.63) is 47.0 Å². The lowest BCUT2D eigenvalue weighted by Gasteiger charge is -2.21. The molecule has 144 valence electrons. The SMILES string of the molecule is O=C1CCc2cc(/C=C/C(=O)N3C[C@@H]4CN(c5cccs5)C[C@@H]4C3)cnc2N1. The molecule has 28 heavy (non-hydrogen) atoms. The van der Waals surface area contributed by atoms with Crippen molar-refractivity contribution >= 4 is 40.0 Å². The second kappa shape index (κ2) is 7.05. The third-order valence-electron chi connectivity index (χ3n) is 5.90. The maximum atomic E-state index is 12.6. The number of likely N-dealkylation sites (tertiary alicyclic amines) is 1. The quantitative estimate of drug-likeness (QED) is 0.813. The standard InChI is InChI=1S/C21H22N4O2S/c26-18-5-4-15-8-14(9-22-21(15)23-18)3-6-19(27)24-10-16-12-25(13-17(16)11-24)20-2-1-7-28-20/h1-3,6-9,16-17H,4-5,10-13H2,(H,22,23,26)/b6-3+/t16-,17+. The number of aryl methyl sites for hydroxylation is 1. The summed E-state index contributed by atoms with van der Waals surface area (Å²) < 4.78 is 0. The normalized spacial score (nSPS) is 23.8. The van der Waals surface area contributed by atoms with E-state index in [4.69, 9.17) is 0 Å². The second-order valence-corrected chi connectivity index (χ2v) is 8.70. The summed E-state index contributed by atoms with van der Waals surface area (Å²) in [5.41, 5.74) is 1.92. The number of nitrogens with zero attached hydrogens (tertiary/aromatic N) is 3. The Morgan fingerprint density at radius 2 is 2.04 bits per heavy atom. The minimum Gasteiger partial charge on any atom is -0.363 e. The van der Waals surface area contributed by atoms with E-state index >= 15 is 0 Å². The van der Waals surface area contributed by atoms with Gasteiger partial charge >= 0.3 is 0 Å². The smallest absolute Gasteiger partial charge is 0.246 e. The summed E-state index contributed by atoms with van der Waals surface area (Å²) in [5, 5.41) is 6.24. The topological polar surface area (TPSA) is 65.5 Å². The van der Waals surface area contributed by atoms with Gasteiger partial charge in [0.15, 0.2) is 0 Å². The molecule has 6 nitrogen and oxygen atoms in total. The van der Waals surface area contributed by atoms with Crippen molar-refractivity contribution in [3.8, 4) is 0 Å². The molecule has 5 rings (SSSR count). The van der Waals surface area contributed by atoms with Gasteiger partial charge < -0.3 is 15.1 Å². The number of rotatable bonds is 3. The summed E-state index contributed by atoms with van der Waals surface area (Å²) in [6.45, 7) is 3.76. The van der Waals surface area contributed by atoms with Crippen LogP contribution in [0.1, 0.15) is 17.5 Å². The molecule has 2 aromatic heterocycles. The summed E-state index contributed by atoms with van der Waals surface area (Å²) >= 11 is 1.79. The van der Waals surface area contributed by atoms with E-state index in [2.05, 4.69) is 32.7 Å². The third-order valence-corrected chi connectivity index (χ3v) is 6.83. The molecule has 0 aliphatic carbocycles. The molecule has 2 amide bonds. The predicted octanol–water partition coefficient (Wildman–Crippen LogP) is 2.64. The molecule has 2 fully saturated rings. The second-order valence-electron chi connectivity index (χ2n) is 7.78. The molecule has 7 heteroatoms. The van der Waals surface area contributed by atoms with Gasteiger partial charge in [0.2, 0.25) is 11.8 Å². The fraction of sp³-hybridized carbons (Fsp3) is 0.381. The molecule has 0 radical (unpaired) electrons. The Bertz CT molecular complexity index is 926. The van der Waals surface area contributed by atoms with Crippen molar-refractivity contribution in [2.75, 3.05) is 36.4 Å². The van der Waals surface area contributed by atoms with Crippen molar-refractivity contribution in [1.82, 2.24) is 9.88 Å². The average molecular weight is 395 g/mol. The van der Waals surface area contributed by atoms with Gasteiger partial charge in [-0.25, -0.2) is 4.98 Å². The molecule has 0 spiro atoms. The van der Waals surface area contributed by atoms with E-state index in [1.54, 1.807) is 23.6 Å². The zero-order chi connectivity index (χ0) is 19.1. The van der Waals surface area contributed by atoms with Gasteiger partial charge in [0, 0.05) is 56.7 Å². The predicted molar refractivity (Wildman–Crippen MR) is 110 cm³/mol. The largest absolute Gasteiger partial charge is 0.363 e. The molecule has 1 N–H and O–H groups in total. The van der Waals surface area contributed by atoms with Crippen LogP contribution in [0.2, 0.25) is 0 Å². The van der Waals surface area contributed by atoms with Crippen LogP contribution >= 0.6 is 11.3 Å². The zero-order valence-corrected chi connectivity index (χ0v) is 16.3. The first-order valence-corrected chi connectivity index (χ1v) is 10.6. The number of nitrogens with one attached hydrogen (secondary N) is 1. The van der Waals surface area contributed by atoms with Gasteiger partial charge in [-0.1, -0.05) is 0 Å². The number of anilines is 2. The van der Waals surface area contributed by atoms with Gasteiger partial charge in [0.1, 0.15) is 5.82 Å². The molecule has 0 saturated carbocycles. The summed E-state index contributed by atoms with van der Waals surface area (Å²) in [7, 11) is 0. The van der Waals surface area contributed by atoms with Crippen LogP contribution in [-0.4, -0.2) is 47.9 Å². The van der Waals surface area contributed by atoms with Crippen molar-refractivity contribution in [1.29, 1.82) is 0 Å². The number of carbonyl (C=O) groups is 2. The monoisotopic (exact) mass is 394 g/mol. The van der Waals surface area contributed by atoms with Crippen LogP contribution in [0.4, 0.5) is 10.8 Å². The van der Waals surface area contributed by atoms with Crippen molar-refractivity contribution in [2.45, 2.75) is 12.8 Å². The highest BCUT2D eigenvalue weighted by Gasteiger charge is 2.41. The lowest BCUT2D eigenvalue weighted by atomic mass is 10.0. The van der Waals surface area contributed by atoms with E-state index in [1.165, 1.54) is 5.00 Å². The minimum atomic E-state index is 0.00990. The highest BCUT2D eigenvalue weighted by Crippen LogP contribution is 2.35. The van der Waals surface area contributed by atoms with Gasteiger partial charge in [-0.05, 0) is 47.2 Å². The lowest BCUT2D eigenvalue weighted by Crippen LogP contribution is -2.31. The van der Waals surface area contributed by atoms with Gasteiger partial charge in [0.25, 0.3) is 0 Å². The van der Waals surface area contributed by atoms with Crippen LogP contribution in [0.15, 0.2) is 35.9 Å². The van der Waals surface area contributed by atoms with E-state index in [9.17, 15) is 9.59 Å². The molecule has 2 saturated heterocycles. The van der Waals surface area contributed by atoms with E-state index in [0.29, 0.717) is 30.5 Å². The molecule has 0 bridgehead atoms. The molecule has 3 aliphatic heterocycles. The summed E-state index contributed by atoms with van der Waals surface area (Å²) in [5.74, 6) is 1.85. The Morgan fingerprint density at radius 1 is 1.21 bits per heavy atom. The molecule has 3 aliphatic rings. The Labute approximate surface area is 167 Å². The first-order chi connectivity index (χ1) is 13.7. The maximum absolute atomic E-state index is 12.6. The highest BCUT2D eigenvalue weighted by atomic mass is 32.1. The summed E-state index contributed by atoms with van der Waals surface area (Å²) in [6, 6.07) is 6.27. The fourth-order valence-electron chi connectivity index (χ4n) is 4.44. The maximum Gasteiger partial charge on any atom is 0.246 e. The molecular weight excluding hydrogens is 372 g/mol. The Balaban J connectivity index is 1.20. The molecule has 0 aromatic carbocycles.